The van der Waals surface area contributed by atoms with Crippen molar-refractivity contribution in [2.75, 3.05) is 26.2 Å². The van der Waals surface area contributed by atoms with Crippen LogP contribution >= 0.6 is 23.4 Å². The van der Waals surface area contributed by atoms with Gasteiger partial charge in [0.1, 0.15) is 12.3 Å². The quantitative estimate of drug-likeness (QED) is 0.487. The first-order chi connectivity index (χ1) is 22.6. The van der Waals surface area contributed by atoms with Gasteiger partial charge in [0.05, 0.1) is 5.52 Å². The molecule has 7 saturated heterocycles. The molecule has 1 amide bonds. The monoisotopic (exact) mass is 654 g/mol. The minimum Gasteiger partial charge on any atom is -0.347 e. The summed E-state index contributed by atoms with van der Waals surface area (Å²) < 4.78 is 6.59. The summed E-state index contributed by atoms with van der Waals surface area (Å²) in [6, 6.07) is 8.91. The highest BCUT2D eigenvalue weighted by atomic mass is 35.5. The van der Waals surface area contributed by atoms with Crippen LogP contribution in [-0.4, -0.2) is 116 Å². The molecule has 2 aromatic rings. The number of piperidine rings is 1. The summed E-state index contributed by atoms with van der Waals surface area (Å²) in [5.74, 6) is 2.94. The maximum Gasteiger partial charge on any atom is 0.275 e. The molecule has 10 aliphatic rings. The highest BCUT2D eigenvalue weighted by molar-refractivity contribution is 8.04. The van der Waals surface area contributed by atoms with E-state index in [0.29, 0.717) is 52.2 Å². The van der Waals surface area contributed by atoms with Gasteiger partial charge in [0.25, 0.3) is 5.91 Å². The average Bonchev–Trinajstić information content (AvgIpc) is 3.89. The number of thioether (sulfide) groups is 1. The number of aromatic amines is 1. The van der Waals surface area contributed by atoms with Crippen LogP contribution in [0.3, 0.4) is 0 Å². The lowest BCUT2D eigenvalue weighted by Crippen LogP contribution is -2.62. The minimum absolute atomic E-state index is 0.0720. The SMILES string of the molecule is O=C(c1n[nH]c2cc(Cl)ccc12)N1C2CC3CC(C4=CC=CC5C=C(C6OC6N6C7CC8CC9CC9N(C7)CC86)SC45)N(C2)CC31. The number of H-pyrrole nitrogens is 1. The smallest absolute Gasteiger partial charge is 0.275 e. The second-order valence-electron chi connectivity index (χ2n) is 16.0. The first-order valence-electron chi connectivity index (χ1n) is 17.7. The molecule has 6 bridgehead atoms. The predicted octanol–water partition coefficient (Wildman–Crippen LogP) is 4.51. The van der Waals surface area contributed by atoms with E-state index >= 15 is 0 Å². The van der Waals surface area contributed by atoms with E-state index in [4.69, 9.17) is 16.3 Å². The zero-order chi connectivity index (χ0) is 30.0. The van der Waals surface area contributed by atoms with Crippen LogP contribution in [0.2, 0.25) is 5.02 Å². The van der Waals surface area contributed by atoms with E-state index in [9.17, 15) is 4.79 Å². The molecule has 12 rings (SSSR count). The summed E-state index contributed by atoms with van der Waals surface area (Å²) >= 11 is 8.30. The molecule has 1 aromatic heterocycles. The van der Waals surface area contributed by atoms with E-state index in [1.54, 1.807) is 5.57 Å². The Morgan fingerprint density at radius 2 is 1.80 bits per heavy atom. The fourth-order valence-electron chi connectivity index (χ4n) is 11.7. The highest BCUT2D eigenvalue weighted by Crippen LogP contribution is 2.57. The Morgan fingerprint density at radius 1 is 0.957 bits per heavy atom. The molecular weight excluding hydrogens is 616 g/mol. The van der Waals surface area contributed by atoms with Crippen molar-refractivity contribution in [2.45, 2.75) is 85.9 Å². The molecule has 1 N–H and O–H groups in total. The third-order valence-corrected chi connectivity index (χ3v) is 15.5. The van der Waals surface area contributed by atoms with Gasteiger partial charge >= 0.3 is 0 Å². The number of benzene rings is 1. The lowest BCUT2D eigenvalue weighted by atomic mass is 9.80. The number of hydrogen-bond acceptors (Lipinski definition) is 7. The number of rotatable bonds is 4. The molecule has 0 spiro atoms. The fraction of sp³-hybridized carbons (Fsp3) is 0.611. The zero-order valence-electron chi connectivity index (χ0n) is 25.7. The Balaban J connectivity index is 0.747. The summed E-state index contributed by atoms with van der Waals surface area (Å²) in [5, 5.41) is 9.48. The molecule has 9 heterocycles. The Labute approximate surface area is 278 Å². The Morgan fingerprint density at radius 3 is 2.76 bits per heavy atom. The normalized spacial score (nSPS) is 48.8. The number of carbonyl (C=O) groups is 1. The first kappa shape index (κ1) is 26.8. The topological polar surface area (TPSA) is 71.2 Å². The number of amides is 1. The van der Waals surface area contributed by atoms with Crippen LogP contribution in [0.1, 0.15) is 42.6 Å². The number of aromatic nitrogens is 2. The molecule has 8 fully saturated rings. The number of piperazine rings is 2. The van der Waals surface area contributed by atoms with E-state index in [2.05, 4.69) is 65.9 Å². The lowest BCUT2D eigenvalue weighted by Gasteiger charge is -2.50. The fourth-order valence-corrected chi connectivity index (χ4v) is 13.5. The maximum atomic E-state index is 13.9. The van der Waals surface area contributed by atoms with E-state index in [-0.39, 0.29) is 24.1 Å². The third kappa shape index (κ3) is 3.68. The van der Waals surface area contributed by atoms with Crippen molar-refractivity contribution in [1.82, 2.24) is 29.8 Å². The summed E-state index contributed by atoms with van der Waals surface area (Å²) in [7, 11) is 0. The summed E-state index contributed by atoms with van der Waals surface area (Å²) in [4.78, 5) is 26.0. The first-order valence-corrected chi connectivity index (χ1v) is 19.0. The molecule has 15 unspecified atom stereocenters. The van der Waals surface area contributed by atoms with Crippen molar-refractivity contribution in [3.05, 3.63) is 63.7 Å². The van der Waals surface area contributed by atoms with Gasteiger partial charge < -0.3 is 9.64 Å². The second-order valence-corrected chi connectivity index (χ2v) is 17.6. The average molecular weight is 655 g/mol. The number of fused-ring (bicyclic) bond motifs is 8. The van der Waals surface area contributed by atoms with Gasteiger partial charge in [-0.2, -0.15) is 5.10 Å². The van der Waals surface area contributed by atoms with Crippen LogP contribution in [0.5, 0.6) is 0 Å². The number of carbonyl (C=O) groups excluding carboxylic acids is 1. The summed E-state index contributed by atoms with van der Waals surface area (Å²) in [5.41, 5.74) is 2.95. The van der Waals surface area contributed by atoms with Gasteiger partial charge in [0.15, 0.2) is 5.69 Å². The number of allylic oxidation sites excluding steroid dienone is 4. The largest absolute Gasteiger partial charge is 0.347 e. The Bertz CT molecular complexity index is 1790. The second kappa shape index (κ2) is 9.30. The van der Waals surface area contributed by atoms with Gasteiger partial charge in [-0.15, -0.1) is 11.8 Å². The minimum atomic E-state index is 0.0720. The number of ether oxygens (including phenoxy) is 1. The van der Waals surface area contributed by atoms with Gasteiger partial charge in [0, 0.05) is 88.9 Å². The van der Waals surface area contributed by atoms with Gasteiger partial charge in [-0.25, -0.2) is 0 Å². The number of nitrogens with one attached hydrogen (secondary N) is 1. The van der Waals surface area contributed by atoms with E-state index < -0.39 is 0 Å². The van der Waals surface area contributed by atoms with Crippen LogP contribution in [0.15, 0.2) is 53.0 Å². The van der Waals surface area contributed by atoms with E-state index in [0.717, 1.165) is 54.7 Å². The van der Waals surface area contributed by atoms with Crippen LogP contribution in [0.4, 0.5) is 0 Å². The molecule has 2 aliphatic carbocycles. The molecule has 15 atom stereocenters. The molecule has 10 heteroatoms. The highest BCUT2D eigenvalue weighted by Gasteiger charge is 2.63. The van der Waals surface area contributed by atoms with Crippen molar-refractivity contribution in [2.24, 2.45) is 23.7 Å². The van der Waals surface area contributed by atoms with Crippen molar-refractivity contribution < 1.29 is 9.53 Å². The molecule has 8 nitrogen and oxygen atoms in total. The van der Waals surface area contributed by atoms with Crippen LogP contribution in [0.25, 0.3) is 10.9 Å². The number of epoxide rings is 1. The van der Waals surface area contributed by atoms with Gasteiger partial charge in [-0.05, 0) is 73.6 Å². The predicted molar refractivity (Wildman–Crippen MR) is 177 cm³/mol. The van der Waals surface area contributed by atoms with Gasteiger partial charge in [-0.1, -0.05) is 35.9 Å². The maximum absolute atomic E-state index is 13.9. The standard InChI is InChI=1S/C36H39ClN6O2S/c37-21-4-5-24-26(12-21)38-39-32(24)35(44)42-22-8-20-10-28(41(13-22)15-29(20)42)25-3-1-2-17-11-31(46-34(17)25)33-36(45-33)43-23-7-18-6-19-9-27(19)40(14-23)16-30(18)43/h1-5,11-12,17-20,22-23,27-30,33-34,36H,6-10,13-16H2,(H,38,39). The summed E-state index contributed by atoms with van der Waals surface area (Å²) in [6.07, 6.45) is 16.8. The molecule has 0 radical (unpaired) electrons. The summed E-state index contributed by atoms with van der Waals surface area (Å²) in [6.45, 7) is 4.45. The van der Waals surface area contributed by atoms with E-state index in [1.165, 1.54) is 37.3 Å². The Kier molecular flexibility index (Phi) is 5.41. The van der Waals surface area contributed by atoms with Crippen molar-refractivity contribution in [3.8, 4) is 0 Å². The zero-order valence-corrected chi connectivity index (χ0v) is 27.3. The van der Waals surface area contributed by atoms with Crippen molar-refractivity contribution in [3.63, 3.8) is 0 Å². The number of nitrogens with zero attached hydrogens (tertiary/aromatic N) is 5. The third-order valence-electron chi connectivity index (χ3n) is 13.8. The van der Waals surface area contributed by atoms with Gasteiger partial charge in [0.2, 0.25) is 0 Å². The molecule has 1 saturated carbocycles. The van der Waals surface area contributed by atoms with Crippen LogP contribution in [0, 0.1) is 23.7 Å². The van der Waals surface area contributed by atoms with E-state index in [1.807, 2.05) is 18.2 Å². The Hall–Kier alpha value is -2.14. The molecule has 8 aliphatic heterocycles. The number of hydrogen-bond donors (Lipinski definition) is 1. The van der Waals surface area contributed by atoms with Crippen LogP contribution < -0.4 is 0 Å². The van der Waals surface area contributed by atoms with Crippen molar-refractivity contribution in [1.29, 1.82) is 0 Å². The molecule has 46 heavy (non-hydrogen) atoms. The molecule has 238 valence electrons. The number of halogens is 1. The van der Waals surface area contributed by atoms with Crippen LogP contribution in [-0.2, 0) is 4.74 Å². The lowest BCUT2D eigenvalue weighted by molar-refractivity contribution is 0.0109. The van der Waals surface area contributed by atoms with Gasteiger partial charge in [-0.3, -0.25) is 24.6 Å². The molecule has 1 aromatic carbocycles. The van der Waals surface area contributed by atoms with Crippen molar-refractivity contribution >= 4 is 40.2 Å². The molecular formula is C36H39ClN6O2S.